The van der Waals surface area contributed by atoms with Crippen molar-refractivity contribution in [1.82, 2.24) is 0 Å². The molecule has 4 N–H and O–H groups in total. The molecule has 1 aliphatic rings. The van der Waals surface area contributed by atoms with Gasteiger partial charge in [0, 0.05) is 17.8 Å². The van der Waals surface area contributed by atoms with E-state index >= 15 is 0 Å². The second-order valence-electron chi connectivity index (χ2n) is 3.94. The number of benzene rings is 1. The Morgan fingerprint density at radius 1 is 1.50 bits per heavy atom. The lowest BCUT2D eigenvalue weighted by atomic mass is 9.97. The van der Waals surface area contributed by atoms with Crippen LogP contribution in [0.25, 0.3) is 0 Å². The molecule has 1 amide bonds. The highest BCUT2D eigenvalue weighted by Crippen LogP contribution is 2.27. The van der Waals surface area contributed by atoms with E-state index in [4.69, 9.17) is 5.73 Å². The molecule has 0 fully saturated rings. The fourth-order valence-electron chi connectivity index (χ4n) is 1.79. The highest BCUT2D eigenvalue weighted by molar-refractivity contribution is 5.93. The van der Waals surface area contributed by atoms with Gasteiger partial charge in [0.15, 0.2) is 0 Å². The third-order valence-corrected chi connectivity index (χ3v) is 2.69. The predicted molar refractivity (Wildman–Crippen MR) is 61.7 cm³/mol. The lowest BCUT2D eigenvalue weighted by Gasteiger charge is -2.19. The summed E-state index contributed by atoms with van der Waals surface area (Å²) in [6.07, 6.45) is 0.331. The van der Waals surface area contributed by atoms with Crippen molar-refractivity contribution >= 4 is 11.6 Å². The van der Waals surface area contributed by atoms with Crippen LogP contribution in [0, 0.1) is 0 Å². The van der Waals surface area contributed by atoms with Gasteiger partial charge in [-0.15, -0.1) is 0 Å². The highest BCUT2D eigenvalue weighted by Gasteiger charge is 2.17. The van der Waals surface area contributed by atoms with Crippen molar-refractivity contribution in [3.8, 4) is 0 Å². The van der Waals surface area contributed by atoms with Crippen LogP contribution in [-0.2, 0) is 11.2 Å². The summed E-state index contributed by atoms with van der Waals surface area (Å²) in [6.45, 7) is 3.51. The van der Waals surface area contributed by atoms with Crippen molar-refractivity contribution < 1.29 is 9.90 Å². The number of hydrogen-bond acceptors (Lipinski definition) is 3. The molecule has 4 nitrogen and oxygen atoms in total. The molecule has 1 aromatic rings. The fourth-order valence-corrected chi connectivity index (χ4v) is 1.79. The van der Waals surface area contributed by atoms with Gasteiger partial charge in [-0.05, 0) is 23.6 Å². The summed E-state index contributed by atoms with van der Waals surface area (Å²) in [6, 6.07) is 5.39. The minimum atomic E-state index is -0.845. The lowest BCUT2D eigenvalue weighted by Crippen LogP contribution is -2.19. The molecule has 0 aromatic heterocycles. The van der Waals surface area contributed by atoms with Crippen molar-refractivity contribution in [3.63, 3.8) is 0 Å². The van der Waals surface area contributed by atoms with Gasteiger partial charge in [-0.3, -0.25) is 4.79 Å². The maximum absolute atomic E-state index is 11.2. The molecule has 84 valence electrons. The van der Waals surface area contributed by atoms with Gasteiger partial charge in [-0.25, -0.2) is 0 Å². The molecule has 16 heavy (non-hydrogen) atoms. The number of aryl methyl sites for hydroxylation is 1. The Balaban J connectivity index is 2.33. The molecule has 0 saturated carbocycles. The lowest BCUT2D eigenvalue weighted by molar-refractivity contribution is -0.116. The van der Waals surface area contributed by atoms with E-state index in [-0.39, 0.29) is 11.6 Å². The van der Waals surface area contributed by atoms with Crippen molar-refractivity contribution in [1.29, 1.82) is 0 Å². The predicted octanol–water partition coefficient (Wildman–Crippen LogP) is 1.08. The number of rotatable bonds is 2. The van der Waals surface area contributed by atoms with Gasteiger partial charge >= 0.3 is 0 Å². The molecule has 0 spiro atoms. The Kier molecular flexibility index (Phi) is 2.66. The first kappa shape index (κ1) is 10.7. The van der Waals surface area contributed by atoms with Gasteiger partial charge in [0.2, 0.25) is 5.91 Å². The number of nitrogens with two attached hydrogens (primary N) is 1. The van der Waals surface area contributed by atoms with Crippen LogP contribution in [0.3, 0.4) is 0 Å². The van der Waals surface area contributed by atoms with E-state index in [2.05, 4.69) is 11.9 Å². The van der Waals surface area contributed by atoms with Gasteiger partial charge in [-0.1, -0.05) is 18.7 Å². The number of fused-ring (bicyclic) bond motifs is 1. The number of aliphatic hydroxyl groups excluding tert-OH is 1. The average molecular weight is 218 g/mol. The number of carbonyl (C=O) groups is 1. The number of aliphatic hydroxyl groups is 1. The Bertz CT molecular complexity index is 454. The SMILES string of the molecule is C=C(N)C(O)c1ccc2c(c1)CCC(=O)N2. The molecule has 0 radical (unpaired) electrons. The molecule has 1 atom stereocenters. The molecular formula is C12H14N2O2. The first-order valence-corrected chi connectivity index (χ1v) is 5.13. The van der Waals surface area contributed by atoms with E-state index in [1.807, 2.05) is 6.07 Å². The molecule has 0 saturated heterocycles. The van der Waals surface area contributed by atoms with Crippen LogP contribution >= 0.6 is 0 Å². The summed E-state index contributed by atoms with van der Waals surface area (Å²) < 4.78 is 0. The number of carbonyl (C=O) groups excluding carboxylic acids is 1. The number of nitrogens with one attached hydrogen (secondary N) is 1. The van der Waals surface area contributed by atoms with Crippen molar-refractivity contribution in [2.24, 2.45) is 5.73 Å². The zero-order chi connectivity index (χ0) is 11.7. The highest BCUT2D eigenvalue weighted by atomic mass is 16.3. The molecular weight excluding hydrogens is 204 g/mol. The van der Waals surface area contributed by atoms with E-state index in [0.717, 1.165) is 11.3 Å². The van der Waals surface area contributed by atoms with Gasteiger partial charge in [0.05, 0.1) is 0 Å². The Hall–Kier alpha value is -1.81. The third kappa shape index (κ3) is 1.92. The Morgan fingerprint density at radius 2 is 2.25 bits per heavy atom. The fraction of sp³-hybridized carbons (Fsp3) is 0.250. The summed E-state index contributed by atoms with van der Waals surface area (Å²) in [7, 11) is 0. The maximum Gasteiger partial charge on any atom is 0.224 e. The van der Waals surface area contributed by atoms with Crippen LogP contribution in [0.15, 0.2) is 30.5 Å². The van der Waals surface area contributed by atoms with Gasteiger partial charge in [0.25, 0.3) is 0 Å². The number of anilines is 1. The van der Waals surface area contributed by atoms with Gasteiger partial charge < -0.3 is 16.2 Å². The zero-order valence-corrected chi connectivity index (χ0v) is 8.86. The van der Waals surface area contributed by atoms with Crippen LogP contribution < -0.4 is 11.1 Å². The standard InChI is InChI=1S/C12H14N2O2/c1-7(13)12(16)9-2-4-10-8(6-9)3-5-11(15)14-10/h2,4,6,12,16H,1,3,5,13H2,(H,14,15). The molecule has 0 bridgehead atoms. The summed E-state index contributed by atoms with van der Waals surface area (Å²) in [4.78, 5) is 11.2. The monoisotopic (exact) mass is 218 g/mol. The Morgan fingerprint density at radius 3 is 2.94 bits per heavy atom. The first-order chi connectivity index (χ1) is 7.58. The zero-order valence-electron chi connectivity index (χ0n) is 8.86. The first-order valence-electron chi connectivity index (χ1n) is 5.13. The molecule has 1 unspecified atom stereocenters. The van der Waals surface area contributed by atoms with E-state index in [1.54, 1.807) is 12.1 Å². The summed E-state index contributed by atoms with van der Waals surface area (Å²) in [5.74, 6) is 0.0315. The summed E-state index contributed by atoms with van der Waals surface area (Å²) in [5, 5.41) is 12.5. The Labute approximate surface area is 93.8 Å². The normalized spacial score (nSPS) is 16.2. The van der Waals surface area contributed by atoms with Crippen LogP contribution in [0.5, 0.6) is 0 Å². The average Bonchev–Trinajstić information content (AvgIpc) is 2.27. The van der Waals surface area contributed by atoms with Crippen molar-refractivity contribution in [3.05, 3.63) is 41.6 Å². The quantitative estimate of drug-likeness (QED) is 0.695. The second-order valence-corrected chi connectivity index (χ2v) is 3.94. The van der Waals surface area contributed by atoms with Crippen LogP contribution in [-0.4, -0.2) is 11.0 Å². The smallest absolute Gasteiger partial charge is 0.224 e. The molecule has 2 rings (SSSR count). The minimum Gasteiger partial charge on any atom is -0.400 e. The van der Waals surface area contributed by atoms with E-state index in [0.29, 0.717) is 18.4 Å². The van der Waals surface area contributed by atoms with Gasteiger partial charge in [0.1, 0.15) is 6.10 Å². The topological polar surface area (TPSA) is 75.3 Å². The van der Waals surface area contributed by atoms with E-state index in [9.17, 15) is 9.90 Å². The molecule has 1 aromatic carbocycles. The maximum atomic E-state index is 11.2. The summed E-state index contributed by atoms with van der Waals surface area (Å²) in [5.41, 5.74) is 8.22. The largest absolute Gasteiger partial charge is 0.400 e. The van der Waals surface area contributed by atoms with Crippen LogP contribution in [0.4, 0.5) is 5.69 Å². The number of amides is 1. The minimum absolute atomic E-state index is 0.0315. The molecule has 0 aliphatic carbocycles. The van der Waals surface area contributed by atoms with Crippen LogP contribution in [0.1, 0.15) is 23.7 Å². The van der Waals surface area contributed by atoms with E-state index < -0.39 is 6.10 Å². The molecule has 1 heterocycles. The second kappa shape index (κ2) is 3.98. The number of hydrogen-bond donors (Lipinski definition) is 3. The van der Waals surface area contributed by atoms with Crippen molar-refractivity contribution in [2.45, 2.75) is 18.9 Å². The van der Waals surface area contributed by atoms with Gasteiger partial charge in [-0.2, -0.15) is 0 Å². The summed E-state index contributed by atoms with van der Waals surface area (Å²) >= 11 is 0. The molecule has 4 heteroatoms. The molecule has 1 aliphatic heterocycles. The van der Waals surface area contributed by atoms with Crippen LogP contribution in [0.2, 0.25) is 0 Å². The van der Waals surface area contributed by atoms with Crippen molar-refractivity contribution in [2.75, 3.05) is 5.32 Å². The van der Waals surface area contributed by atoms with E-state index in [1.165, 1.54) is 0 Å². The third-order valence-electron chi connectivity index (χ3n) is 2.69.